The molecule has 0 fully saturated rings. The molecule has 0 unspecified atom stereocenters. The topological polar surface area (TPSA) is 0 Å². The molecule has 0 spiro atoms. The second-order valence-corrected chi connectivity index (χ2v) is 8.48. The van der Waals surface area contributed by atoms with E-state index in [1.807, 2.05) is 17.4 Å². The fraction of sp³-hybridized carbons (Fsp3) is 0.385. The van der Waals surface area contributed by atoms with E-state index in [0.717, 1.165) is 30.4 Å². The highest BCUT2D eigenvalue weighted by Gasteiger charge is 2.16. The van der Waals surface area contributed by atoms with Crippen molar-refractivity contribution in [3.05, 3.63) is 82.1 Å². The van der Waals surface area contributed by atoms with E-state index in [2.05, 4.69) is 78.6 Å². The minimum absolute atomic E-state index is 0.952. The third-order valence-corrected chi connectivity index (χ3v) is 5.91. The fourth-order valence-electron chi connectivity index (χ4n) is 2.95. The second kappa shape index (κ2) is 11.8. The predicted molar refractivity (Wildman–Crippen MR) is 127 cm³/mol. The largest absolute Gasteiger partial charge is 0.140 e. The smallest absolute Gasteiger partial charge is 0.0374 e. The Bertz CT molecular complexity index is 762. The van der Waals surface area contributed by atoms with Crippen LogP contribution in [0.2, 0.25) is 0 Å². The maximum Gasteiger partial charge on any atom is 0.0374 e. The minimum atomic E-state index is 0.952. The lowest BCUT2D eigenvalue weighted by Crippen LogP contribution is -1.94. The molecule has 0 radical (unpaired) electrons. The van der Waals surface area contributed by atoms with Crippen molar-refractivity contribution in [3.63, 3.8) is 0 Å². The number of hydrogen-bond acceptors (Lipinski definition) is 1. The van der Waals surface area contributed by atoms with Gasteiger partial charge in [-0.3, -0.25) is 0 Å². The Morgan fingerprint density at radius 3 is 2.44 bits per heavy atom. The summed E-state index contributed by atoms with van der Waals surface area (Å²) in [6.45, 7) is 23.1. The number of rotatable bonds is 11. The lowest BCUT2D eigenvalue weighted by atomic mass is 9.90. The zero-order chi connectivity index (χ0) is 20.4. The van der Waals surface area contributed by atoms with Gasteiger partial charge in [0, 0.05) is 15.3 Å². The standard InChI is InChI=1S/C26H36S/c1-9-12-15-23(16-13-14-20(6)10-2)24(17-21(7)11-3)25-18-22(8)27-26(25)19(4)5/h10-11,16-18H,3-4,7,9,12-15H2,1-2,5-6,8H3. The van der Waals surface area contributed by atoms with Gasteiger partial charge < -0.3 is 0 Å². The van der Waals surface area contributed by atoms with Gasteiger partial charge in [0.05, 0.1) is 0 Å². The number of aryl methyl sites for hydroxylation is 1. The van der Waals surface area contributed by atoms with E-state index in [9.17, 15) is 0 Å². The van der Waals surface area contributed by atoms with Crippen molar-refractivity contribution < 1.29 is 0 Å². The second-order valence-electron chi connectivity index (χ2n) is 7.22. The molecule has 27 heavy (non-hydrogen) atoms. The van der Waals surface area contributed by atoms with Gasteiger partial charge in [-0.2, -0.15) is 0 Å². The average molecular weight is 381 g/mol. The first kappa shape index (κ1) is 23.2. The van der Waals surface area contributed by atoms with Crippen molar-refractivity contribution >= 4 is 22.5 Å². The van der Waals surface area contributed by atoms with Crippen LogP contribution in [0, 0.1) is 6.92 Å². The zero-order valence-corrected chi connectivity index (χ0v) is 18.8. The molecule has 0 nitrogen and oxygen atoms in total. The van der Waals surface area contributed by atoms with Crippen molar-refractivity contribution in [2.24, 2.45) is 0 Å². The average Bonchev–Trinajstić information content (AvgIpc) is 3.04. The molecule has 1 aromatic heterocycles. The van der Waals surface area contributed by atoms with Crippen LogP contribution in [0.4, 0.5) is 0 Å². The van der Waals surface area contributed by atoms with Gasteiger partial charge in [0.2, 0.25) is 0 Å². The van der Waals surface area contributed by atoms with Gasteiger partial charge in [-0.25, -0.2) is 0 Å². The predicted octanol–water partition coefficient (Wildman–Crippen LogP) is 9.08. The summed E-state index contributed by atoms with van der Waals surface area (Å²) in [4.78, 5) is 2.60. The Hall–Kier alpha value is -1.86. The van der Waals surface area contributed by atoms with Crippen molar-refractivity contribution in [1.82, 2.24) is 0 Å². The summed E-state index contributed by atoms with van der Waals surface area (Å²) in [5, 5.41) is 0. The summed E-state index contributed by atoms with van der Waals surface area (Å²) in [5.74, 6) is 0. The molecular weight excluding hydrogens is 344 g/mol. The van der Waals surface area contributed by atoms with E-state index in [0.29, 0.717) is 0 Å². The maximum atomic E-state index is 4.21. The van der Waals surface area contributed by atoms with Gasteiger partial charge in [-0.15, -0.1) is 11.3 Å². The molecule has 0 aliphatic carbocycles. The van der Waals surface area contributed by atoms with E-state index in [4.69, 9.17) is 0 Å². The summed E-state index contributed by atoms with van der Waals surface area (Å²) in [5.41, 5.74) is 7.51. The molecule has 0 bridgehead atoms. The molecule has 0 saturated carbocycles. The van der Waals surface area contributed by atoms with Gasteiger partial charge in [0.1, 0.15) is 0 Å². The van der Waals surface area contributed by atoms with Crippen LogP contribution in [0.5, 0.6) is 0 Å². The Morgan fingerprint density at radius 2 is 1.89 bits per heavy atom. The molecule has 1 aromatic rings. The molecule has 0 saturated heterocycles. The molecule has 0 aliphatic rings. The van der Waals surface area contributed by atoms with Gasteiger partial charge in [-0.05, 0) is 87.8 Å². The molecule has 0 atom stereocenters. The van der Waals surface area contributed by atoms with Gasteiger partial charge in [0.15, 0.2) is 0 Å². The lowest BCUT2D eigenvalue weighted by Gasteiger charge is -2.15. The van der Waals surface area contributed by atoms with Crippen molar-refractivity contribution in [3.8, 4) is 0 Å². The maximum absolute atomic E-state index is 4.21. The molecule has 0 amide bonds. The molecule has 0 aromatic carbocycles. The number of unbranched alkanes of at least 4 members (excludes halogenated alkanes) is 1. The molecular formula is C26H36S. The highest BCUT2D eigenvalue weighted by atomic mass is 32.1. The van der Waals surface area contributed by atoms with E-state index in [1.165, 1.54) is 44.9 Å². The first-order valence-corrected chi connectivity index (χ1v) is 10.8. The monoisotopic (exact) mass is 380 g/mol. The summed E-state index contributed by atoms with van der Waals surface area (Å²) >= 11 is 1.83. The van der Waals surface area contributed by atoms with Crippen molar-refractivity contribution in [1.29, 1.82) is 0 Å². The first-order chi connectivity index (χ1) is 12.8. The Kier molecular flexibility index (Phi) is 10.1. The van der Waals surface area contributed by atoms with Gasteiger partial charge >= 0.3 is 0 Å². The summed E-state index contributed by atoms with van der Waals surface area (Å²) in [6, 6.07) is 2.30. The number of allylic oxidation sites excluding steroid dienone is 9. The molecule has 1 heteroatoms. The van der Waals surface area contributed by atoms with E-state index in [1.54, 1.807) is 0 Å². The van der Waals surface area contributed by atoms with Crippen LogP contribution in [0.25, 0.3) is 11.1 Å². The van der Waals surface area contributed by atoms with E-state index >= 15 is 0 Å². The normalized spacial score (nSPS) is 13.0. The highest BCUT2D eigenvalue weighted by Crippen LogP contribution is 2.38. The zero-order valence-electron chi connectivity index (χ0n) is 18.0. The summed E-state index contributed by atoms with van der Waals surface area (Å²) in [6.07, 6.45) is 14.3. The van der Waals surface area contributed by atoms with Gasteiger partial charge in [0.25, 0.3) is 0 Å². The third kappa shape index (κ3) is 7.34. The Labute approximate surface area is 171 Å². The first-order valence-electron chi connectivity index (χ1n) is 9.94. The van der Waals surface area contributed by atoms with Crippen molar-refractivity contribution in [2.45, 2.75) is 66.7 Å². The van der Waals surface area contributed by atoms with Crippen molar-refractivity contribution in [2.75, 3.05) is 0 Å². The molecule has 1 heterocycles. The minimum Gasteiger partial charge on any atom is -0.140 e. The summed E-state index contributed by atoms with van der Waals surface area (Å²) in [7, 11) is 0. The fourth-order valence-corrected chi connectivity index (χ4v) is 3.90. The van der Waals surface area contributed by atoms with E-state index in [-0.39, 0.29) is 0 Å². The Morgan fingerprint density at radius 1 is 1.19 bits per heavy atom. The molecule has 0 aliphatic heterocycles. The van der Waals surface area contributed by atoms with E-state index < -0.39 is 0 Å². The number of hydrogen-bond donors (Lipinski definition) is 0. The van der Waals surface area contributed by atoms with Gasteiger partial charge in [-0.1, -0.05) is 56.9 Å². The molecule has 1 rings (SSSR count). The van der Waals surface area contributed by atoms with Crippen LogP contribution < -0.4 is 0 Å². The van der Waals surface area contributed by atoms with Crippen LogP contribution in [0.3, 0.4) is 0 Å². The quantitative estimate of drug-likeness (QED) is 0.265. The Balaban J connectivity index is 3.46. The van der Waals surface area contributed by atoms with Crippen LogP contribution in [-0.4, -0.2) is 0 Å². The molecule has 0 N–H and O–H groups in total. The SMILES string of the molecule is C=CC(=C)C=C(C(=CCCC(C)=CC)CCCC)c1cc(C)sc1C(=C)C. The van der Waals surface area contributed by atoms with Crippen LogP contribution in [0.1, 0.15) is 75.1 Å². The number of thiophene rings is 1. The lowest BCUT2D eigenvalue weighted by molar-refractivity contribution is 0.795. The summed E-state index contributed by atoms with van der Waals surface area (Å²) < 4.78 is 0. The van der Waals surface area contributed by atoms with Crippen LogP contribution in [-0.2, 0) is 0 Å². The third-order valence-electron chi connectivity index (χ3n) is 4.69. The molecule has 146 valence electrons. The highest BCUT2D eigenvalue weighted by molar-refractivity contribution is 7.13. The van der Waals surface area contributed by atoms with Crippen LogP contribution >= 0.6 is 11.3 Å². The van der Waals surface area contributed by atoms with Crippen LogP contribution in [0.15, 0.2) is 66.8 Å².